The van der Waals surface area contributed by atoms with E-state index in [0.717, 1.165) is 11.1 Å². The highest BCUT2D eigenvalue weighted by Crippen LogP contribution is 2.23. The molecule has 0 aliphatic rings. The molecular formula is C20H21ClO3. The number of Topliss-reactive ketones (excluding diaryl/α,β-unsaturated/α-hetero) is 1. The van der Waals surface area contributed by atoms with E-state index in [1.807, 2.05) is 50.2 Å². The molecule has 2 aromatic rings. The fourth-order valence-corrected chi connectivity index (χ4v) is 2.80. The number of hydrogen-bond acceptors (Lipinski definition) is 2. The van der Waals surface area contributed by atoms with Crippen LogP contribution in [0, 0.1) is 11.8 Å². The summed E-state index contributed by atoms with van der Waals surface area (Å²) in [5.74, 6) is -1.43. The minimum absolute atomic E-state index is 0.0355. The third-order valence-electron chi connectivity index (χ3n) is 3.92. The molecule has 2 aromatic carbocycles. The highest BCUT2D eigenvalue weighted by atomic mass is 35.5. The van der Waals surface area contributed by atoms with Crippen LogP contribution in [0.3, 0.4) is 0 Å². The van der Waals surface area contributed by atoms with E-state index in [1.54, 1.807) is 12.1 Å². The molecule has 0 aromatic heterocycles. The van der Waals surface area contributed by atoms with E-state index in [-0.39, 0.29) is 18.1 Å². The Hall–Kier alpha value is -2.13. The lowest BCUT2D eigenvalue weighted by Crippen LogP contribution is -2.20. The van der Waals surface area contributed by atoms with Crippen LogP contribution in [0.2, 0.25) is 5.02 Å². The van der Waals surface area contributed by atoms with Crippen LogP contribution >= 0.6 is 11.6 Å². The summed E-state index contributed by atoms with van der Waals surface area (Å²) in [5, 5.41) is 9.95. The summed E-state index contributed by atoms with van der Waals surface area (Å²) >= 11 is 5.88. The van der Waals surface area contributed by atoms with Crippen LogP contribution in [0.5, 0.6) is 0 Å². The number of rotatable bonds is 7. The van der Waals surface area contributed by atoms with E-state index in [2.05, 4.69) is 0 Å². The van der Waals surface area contributed by atoms with Gasteiger partial charge in [0.25, 0.3) is 0 Å². The fraction of sp³-hybridized carbons (Fsp3) is 0.300. The zero-order valence-corrected chi connectivity index (χ0v) is 14.6. The van der Waals surface area contributed by atoms with Crippen molar-refractivity contribution in [1.82, 2.24) is 0 Å². The van der Waals surface area contributed by atoms with Gasteiger partial charge in [0.05, 0.1) is 5.92 Å². The van der Waals surface area contributed by atoms with Crippen molar-refractivity contribution in [1.29, 1.82) is 0 Å². The summed E-state index contributed by atoms with van der Waals surface area (Å²) in [5.41, 5.74) is 2.55. The Kier molecular flexibility index (Phi) is 6.16. The second-order valence-corrected chi connectivity index (χ2v) is 6.81. The highest BCUT2D eigenvalue weighted by Gasteiger charge is 2.23. The molecule has 0 bridgehead atoms. The average molecular weight is 345 g/mol. The average Bonchev–Trinajstić information content (AvgIpc) is 2.54. The van der Waals surface area contributed by atoms with Gasteiger partial charge in [0.1, 0.15) is 0 Å². The molecule has 2 rings (SSSR count). The van der Waals surface area contributed by atoms with Crippen LogP contribution in [-0.4, -0.2) is 16.9 Å². The monoisotopic (exact) mass is 344 g/mol. The molecule has 0 unspecified atom stereocenters. The highest BCUT2D eigenvalue weighted by molar-refractivity contribution is 6.30. The third kappa shape index (κ3) is 4.93. The first-order valence-corrected chi connectivity index (χ1v) is 8.36. The maximum Gasteiger partial charge on any atom is 0.306 e. The lowest BCUT2D eigenvalue weighted by Gasteiger charge is -2.14. The minimum Gasteiger partial charge on any atom is -0.481 e. The van der Waals surface area contributed by atoms with Gasteiger partial charge in [0, 0.05) is 17.0 Å². The van der Waals surface area contributed by atoms with E-state index in [1.165, 1.54) is 0 Å². The fourth-order valence-electron chi connectivity index (χ4n) is 2.67. The lowest BCUT2D eigenvalue weighted by atomic mass is 9.90. The molecule has 126 valence electrons. The zero-order chi connectivity index (χ0) is 17.7. The van der Waals surface area contributed by atoms with Crippen LogP contribution in [0.15, 0.2) is 48.5 Å². The summed E-state index contributed by atoms with van der Waals surface area (Å²) in [4.78, 5) is 23.7. The number of halogens is 1. The minimum atomic E-state index is -0.908. The Labute approximate surface area is 147 Å². The summed E-state index contributed by atoms with van der Waals surface area (Å²) < 4.78 is 0. The first-order chi connectivity index (χ1) is 11.4. The van der Waals surface area contributed by atoms with E-state index >= 15 is 0 Å². The number of benzene rings is 2. The van der Waals surface area contributed by atoms with Gasteiger partial charge >= 0.3 is 5.97 Å². The van der Waals surface area contributed by atoms with Crippen LogP contribution < -0.4 is 0 Å². The van der Waals surface area contributed by atoms with Crippen molar-refractivity contribution in [2.24, 2.45) is 11.8 Å². The predicted molar refractivity (Wildman–Crippen MR) is 96.4 cm³/mol. The van der Waals surface area contributed by atoms with E-state index < -0.39 is 11.9 Å². The van der Waals surface area contributed by atoms with Gasteiger partial charge < -0.3 is 5.11 Å². The number of carbonyl (C=O) groups is 2. The second kappa shape index (κ2) is 8.11. The van der Waals surface area contributed by atoms with Gasteiger partial charge in [-0.3, -0.25) is 9.59 Å². The van der Waals surface area contributed by atoms with Crippen LogP contribution in [0.1, 0.15) is 37.0 Å². The van der Waals surface area contributed by atoms with Gasteiger partial charge in [-0.05, 0) is 35.6 Å². The first kappa shape index (κ1) is 18.2. The molecule has 1 N–H and O–H groups in total. The molecule has 24 heavy (non-hydrogen) atoms. The summed E-state index contributed by atoms with van der Waals surface area (Å²) in [7, 11) is 0. The van der Waals surface area contributed by atoms with Crippen molar-refractivity contribution in [3.8, 4) is 11.1 Å². The number of carboxylic acids is 1. The zero-order valence-electron chi connectivity index (χ0n) is 13.8. The predicted octanol–water partition coefficient (Wildman–Crippen LogP) is 5.33. The Morgan fingerprint density at radius 2 is 1.46 bits per heavy atom. The number of ketones is 1. The normalized spacial score (nSPS) is 12.2. The van der Waals surface area contributed by atoms with Crippen molar-refractivity contribution in [2.45, 2.75) is 26.7 Å². The molecule has 0 saturated heterocycles. The van der Waals surface area contributed by atoms with Crippen molar-refractivity contribution in [2.75, 3.05) is 0 Å². The van der Waals surface area contributed by atoms with Crippen molar-refractivity contribution in [3.63, 3.8) is 0 Å². The molecule has 0 aliphatic carbocycles. The molecular weight excluding hydrogens is 324 g/mol. The summed E-state index contributed by atoms with van der Waals surface area (Å²) in [6.07, 6.45) is 0.539. The number of carboxylic acid groups (broad SMARTS) is 1. The smallest absolute Gasteiger partial charge is 0.306 e. The van der Waals surface area contributed by atoms with Gasteiger partial charge in [0.2, 0.25) is 0 Å². The van der Waals surface area contributed by atoms with Crippen LogP contribution in [0.25, 0.3) is 11.1 Å². The van der Waals surface area contributed by atoms with Gasteiger partial charge in [-0.15, -0.1) is 0 Å². The SMILES string of the molecule is CC(C)C[C@H](CC(=O)c1ccc(-c2ccc(Cl)cc2)cc1)C(=O)O. The molecule has 0 fully saturated rings. The van der Waals surface area contributed by atoms with Gasteiger partial charge in [-0.1, -0.05) is 61.8 Å². The topological polar surface area (TPSA) is 54.4 Å². The Balaban J connectivity index is 2.10. The standard InChI is InChI=1S/C20H21ClO3/c1-13(2)11-17(20(23)24)12-19(22)16-5-3-14(4-6-16)15-7-9-18(21)10-8-15/h3-10,13,17H,11-12H2,1-2H3,(H,23,24)/t17-/m1/s1. The Morgan fingerprint density at radius 3 is 1.92 bits per heavy atom. The molecule has 0 aliphatic heterocycles. The molecule has 0 amide bonds. The van der Waals surface area contributed by atoms with Crippen molar-refractivity contribution in [3.05, 3.63) is 59.1 Å². The Bertz CT molecular complexity index is 703. The molecule has 0 radical (unpaired) electrons. The second-order valence-electron chi connectivity index (χ2n) is 6.38. The number of hydrogen-bond donors (Lipinski definition) is 1. The Morgan fingerprint density at radius 1 is 0.958 bits per heavy atom. The molecule has 3 nitrogen and oxygen atoms in total. The largest absolute Gasteiger partial charge is 0.481 e. The summed E-state index contributed by atoms with van der Waals surface area (Å²) in [6.45, 7) is 3.92. The lowest BCUT2D eigenvalue weighted by molar-refractivity contribution is -0.142. The van der Waals surface area contributed by atoms with Crippen molar-refractivity contribution < 1.29 is 14.7 Å². The van der Waals surface area contributed by atoms with Crippen LogP contribution in [-0.2, 0) is 4.79 Å². The van der Waals surface area contributed by atoms with Gasteiger partial charge in [-0.2, -0.15) is 0 Å². The maximum absolute atomic E-state index is 12.4. The van der Waals surface area contributed by atoms with Gasteiger partial charge in [0.15, 0.2) is 5.78 Å². The van der Waals surface area contributed by atoms with Crippen molar-refractivity contribution >= 4 is 23.4 Å². The molecule has 0 heterocycles. The number of aliphatic carboxylic acids is 1. The van der Waals surface area contributed by atoms with Crippen LogP contribution in [0.4, 0.5) is 0 Å². The maximum atomic E-state index is 12.4. The quantitative estimate of drug-likeness (QED) is 0.691. The molecule has 0 spiro atoms. The van der Waals surface area contributed by atoms with Gasteiger partial charge in [-0.25, -0.2) is 0 Å². The molecule has 0 saturated carbocycles. The number of carbonyl (C=O) groups excluding carboxylic acids is 1. The molecule has 1 atom stereocenters. The van der Waals surface area contributed by atoms with E-state index in [9.17, 15) is 14.7 Å². The summed E-state index contributed by atoms with van der Waals surface area (Å²) in [6, 6.07) is 14.7. The first-order valence-electron chi connectivity index (χ1n) is 7.99. The van der Waals surface area contributed by atoms with E-state index in [0.29, 0.717) is 17.0 Å². The van der Waals surface area contributed by atoms with E-state index in [4.69, 9.17) is 11.6 Å². The third-order valence-corrected chi connectivity index (χ3v) is 4.17. The molecule has 4 heteroatoms.